The molecule has 150 valence electrons. The van der Waals surface area contributed by atoms with Crippen molar-refractivity contribution in [3.8, 4) is 11.4 Å². The van der Waals surface area contributed by atoms with E-state index in [1.807, 2.05) is 32.0 Å². The van der Waals surface area contributed by atoms with Gasteiger partial charge < -0.3 is 14.8 Å². The molecule has 1 amide bonds. The Morgan fingerprint density at radius 3 is 2.41 bits per heavy atom. The second-order valence-electron chi connectivity index (χ2n) is 6.57. The number of rotatable bonds is 5. The first-order valence-electron chi connectivity index (χ1n) is 8.93. The minimum absolute atomic E-state index is 0.164. The lowest BCUT2D eigenvalue weighted by atomic mass is 10.1. The van der Waals surface area contributed by atoms with Crippen molar-refractivity contribution in [2.24, 2.45) is 0 Å². The zero-order valence-corrected chi connectivity index (χ0v) is 16.9. The van der Waals surface area contributed by atoms with Gasteiger partial charge >= 0.3 is 5.97 Å². The first kappa shape index (κ1) is 20.1. The molecule has 0 bridgehead atoms. The average molecular weight is 394 g/mol. The van der Waals surface area contributed by atoms with Crippen LogP contribution < -0.4 is 10.1 Å². The molecule has 0 aliphatic heterocycles. The summed E-state index contributed by atoms with van der Waals surface area (Å²) in [5, 5.41) is 11.4. The maximum Gasteiger partial charge on any atom is 0.340 e. The van der Waals surface area contributed by atoms with Gasteiger partial charge in [-0.15, -0.1) is 5.10 Å². The minimum atomic E-state index is -0.588. The summed E-state index contributed by atoms with van der Waals surface area (Å²) in [6.07, 6.45) is 0. The standard InChI is InChI=1S/C21H22N4O4/c1-12-6-9-18(13(2)10-12)25-23-14(3)19(24-25)20(26)22-17-8-7-15(28-4)11-16(17)21(27)29-5/h6-11H,1-5H3,(H,22,26). The van der Waals surface area contributed by atoms with E-state index < -0.39 is 11.9 Å². The SMILES string of the molecule is COC(=O)c1cc(OC)ccc1NC(=O)c1nn(-c2ccc(C)cc2C)nc1C. The number of nitrogens with zero attached hydrogens (tertiary/aromatic N) is 3. The van der Waals surface area contributed by atoms with Crippen LogP contribution in [0.15, 0.2) is 36.4 Å². The molecule has 0 radical (unpaired) electrons. The molecular formula is C21H22N4O4. The van der Waals surface area contributed by atoms with Crippen molar-refractivity contribution in [2.45, 2.75) is 20.8 Å². The number of aryl methyl sites for hydroxylation is 3. The van der Waals surface area contributed by atoms with Gasteiger partial charge in [-0.1, -0.05) is 17.7 Å². The van der Waals surface area contributed by atoms with Gasteiger partial charge in [0.05, 0.1) is 36.9 Å². The third kappa shape index (κ3) is 4.11. The molecule has 0 saturated carbocycles. The molecule has 1 N–H and O–H groups in total. The lowest BCUT2D eigenvalue weighted by Crippen LogP contribution is -2.17. The number of nitrogens with one attached hydrogen (secondary N) is 1. The van der Waals surface area contributed by atoms with Crippen LogP contribution in [0, 0.1) is 20.8 Å². The molecule has 0 atom stereocenters. The molecule has 29 heavy (non-hydrogen) atoms. The molecule has 1 aromatic heterocycles. The van der Waals surface area contributed by atoms with Crippen LogP contribution in [0.4, 0.5) is 5.69 Å². The Balaban J connectivity index is 1.92. The summed E-state index contributed by atoms with van der Waals surface area (Å²) in [6, 6.07) is 10.6. The van der Waals surface area contributed by atoms with Crippen molar-refractivity contribution in [3.05, 3.63) is 64.5 Å². The van der Waals surface area contributed by atoms with Crippen LogP contribution in [0.1, 0.15) is 37.7 Å². The Kier molecular flexibility index (Phi) is 5.63. The number of aromatic nitrogens is 3. The Hall–Kier alpha value is -3.68. The van der Waals surface area contributed by atoms with Gasteiger partial charge in [0, 0.05) is 0 Å². The van der Waals surface area contributed by atoms with Gasteiger partial charge in [0.2, 0.25) is 0 Å². The topological polar surface area (TPSA) is 95.3 Å². The average Bonchev–Trinajstić information content (AvgIpc) is 3.09. The first-order valence-corrected chi connectivity index (χ1v) is 8.93. The number of methoxy groups -OCH3 is 2. The van der Waals surface area contributed by atoms with Crippen molar-refractivity contribution < 1.29 is 19.1 Å². The van der Waals surface area contributed by atoms with Gasteiger partial charge in [-0.05, 0) is 50.6 Å². The molecule has 0 fully saturated rings. The summed E-state index contributed by atoms with van der Waals surface area (Å²) >= 11 is 0. The largest absolute Gasteiger partial charge is 0.497 e. The van der Waals surface area contributed by atoms with E-state index in [1.54, 1.807) is 19.1 Å². The van der Waals surface area contributed by atoms with Crippen molar-refractivity contribution in [1.29, 1.82) is 0 Å². The molecule has 0 aliphatic carbocycles. The van der Waals surface area contributed by atoms with Crippen molar-refractivity contribution in [3.63, 3.8) is 0 Å². The summed E-state index contributed by atoms with van der Waals surface area (Å²) in [5.74, 6) is -0.593. The fourth-order valence-corrected chi connectivity index (χ4v) is 2.95. The number of anilines is 1. The highest BCUT2D eigenvalue weighted by Gasteiger charge is 2.21. The summed E-state index contributed by atoms with van der Waals surface area (Å²) in [6.45, 7) is 5.67. The molecule has 2 aromatic carbocycles. The van der Waals surface area contributed by atoms with Crippen molar-refractivity contribution >= 4 is 17.6 Å². The lowest BCUT2D eigenvalue weighted by Gasteiger charge is -2.10. The normalized spacial score (nSPS) is 10.5. The molecular weight excluding hydrogens is 372 g/mol. The van der Waals surface area contributed by atoms with Crippen LogP contribution in [-0.4, -0.2) is 41.1 Å². The fourth-order valence-electron chi connectivity index (χ4n) is 2.95. The zero-order valence-electron chi connectivity index (χ0n) is 16.9. The quantitative estimate of drug-likeness (QED) is 0.668. The number of benzene rings is 2. The van der Waals surface area contributed by atoms with Crippen LogP contribution in [0.3, 0.4) is 0 Å². The molecule has 3 aromatic rings. The molecule has 0 spiro atoms. The molecule has 8 nitrogen and oxygen atoms in total. The molecule has 3 rings (SSSR count). The van der Waals surface area contributed by atoms with E-state index in [9.17, 15) is 9.59 Å². The summed E-state index contributed by atoms with van der Waals surface area (Å²) in [7, 11) is 2.76. The van der Waals surface area contributed by atoms with E-state index in [2.05, 4.69) is 15.5 Å². The fraction of sp³-hybridized carbons (Fsp3) is 0.238. The zero-order chi connectivity index (χ0) is 21.1. The Bertz CT molecular complexity index is 1090. The summed E-state index contributed by atoms with van der Waals surface area (Å²) < 4.78 is 9.93. The number of esters is 1. The first-order chi connectivity index (χ1) is 13.8. The Morgan fingerprint density at radius 2 is 1.76 bits per heavy atom. The molecule has 0 saturated heterocycles. The summed E-state index contributed by atoms with van der Waals surface area (Å²) in [4.78, 5) is 26.3. The van der Waals surface area contributed by atoms with Gasteiger partial charge in [-0.3, -0.25) is 4.79 Å². The van der Waals surface area contributed by atoms with Gasteiger partial charge in [-0.25, -0.2) is 4.79 Å². The Morgan fingerprint density at radius 1 is 1.00 bits per heavy atom. The highest BCUT2D eigenvalue weighted by Crippen LogP contribution is 2.24. The van der Waals surface area contributed by atoms with Crippen molar-refractivity contribution in [2.75, 3.05) is 19.5 Å². The number of carbonyl (C=O) groups is 2. The number of ether oxygens (including phenoxy) is 2. The van der Waals surface area contributed by atoms with Gasteiger partial charge in [0.1, 0.15) is 5.75 Å². The maximum atomic E-state index is 12.8. The van der Waals surface area contributed by atoms with Gasteiger partial charge in [-0.2, -0.15) is 9.90 Å². The van der Waals surface area contributed by atoms with Crippen molar-refractivity contribution in [1.82, 2.24) is 15.0 Å². The highest BCUT2D eigenvalue weighted by atomic mass is 16.5. The number of carbonyl (C=O) groups excluding carboxylic acids is 2. The molecule has 0 aliphatic rings. The van der Waals surface area contributed by atoms with Gasteiger partial charge in [0.25, 0.3) is 5.91 Å². The maximum absolute atomic E-state index is 12.8. The summed E-state index contributed by atoms with van der Waals surface area (Å²) in [5.41, 5.74) is 4.02. The molecule has 0 unspecified atom stereocenters. The second kappa shape index (κ2) is 8.14. The third-order valence-electron chi connectivity index (χ3n) is 4.45. The predicted octanol–water partition coefficient (Wildman–Crippen LogP) is 3.24. The van der Waals surface area contributed by atoms with Crippen LogP contribution in [0.5, 0.6) is 5.75 Å². The van der Waals surface area contributed by atoms with E-state index in [-0.39, 0.29) is 11.3 Å². The smallest absolute Gasteiger partial charge is 0.340 e. The van der Waals surface area contributed by atoms with E-state index in [4.69, 9.17) is 9.47 Å². The lowest BCUT2D eigenvalue weighted by molar-refractivity contribution is 0.0601. The molecule has 1 heterocycles. The van der Waals surface area contributed by atoms with Crippen LogP contribution in [-0.2, 0) is 4.74 Å². The van der Waals surface area contributed by atoms with E-state index in [0.717, 1.165) is 16.8 Å². The van der Waals surface area contributed by atoms with Crippen LogP contribution in [0.25, 0.3) is 5.69 Å². The van der Waals surface area contributed by atoms with E-state index >= 15 is 0 Å². The van der Waals surface area contributed by atoms with E-state index in [1.165, 1.54) is 25.1 Å². The van der Waals surface area contributed by atoms with E-state index in [0.29, 0.717) is 17.1 Å². The monoisotopic (exact) mass is 394 g/mol. The number of hydrogen-bond acceptors (Lipinski definition) is 6. The number of amides is 1. The number of hydrogen-bond donors (Lipinski definition) is 1. The van der Waals surface area contributed by atoms with Gasteiger partial charge in [0.15, 0.2) is 5.69 Å². The van der Waals surface area contributed by atoms with Crippen LogP contribution >= 0.6 is 0 Å². The minimum Gasteiger partial charge on any atom is -0.497 e. The van der Waals surface area contributed by atoms with Crippen LogP contribution in [0.2, 0.25) is 0 Å². The third-order valence-corrected chi connectivity index (χ3v) is 4.45. The molecule has 8 heteroatoms. The Labute approximate surface area is 168 Å². The second-order valence-corrected chi connectivity index (χ2v) is 6.57. The predicted molar refractivity (Wildman–Crippen MR) is 108 cm³/mol. The highest BCUT2D eigenvalue weighted by molar-refractivity contribution is 6.07.